The molecule has 0 radical (unpaired) electrons. The van der Waals surface area contributed by atoms with Crippen LogP contribution in [-0.2, 0) is 9.59 Å². The Hall–Kier alpha value is -1.10. The summed E-state index contributed by atoms with van der Waals surface area (Å²) in [5, 5.41) is 18.2. The van der Waals surface area contributed by atoms with Crippen LogP contribution >= 0.6 is 0 Å². The third kappa shape index (κ3) is 11.7. The molecule has 112 valence electrons. The van der Waals surface area contributed by atoms with Gasteiger partial charge >= 0.3 is 5.97 Å². The molecule has 5 heteroatoms. The van der Waals surface area contributed by atoms with E-state index in [-0.39, 0.29) is 18.9 Å². The van der Waals surface area contributed by atoms with E-state index in [9.17, 15) is 14.8 Å². The minimum Gasteiger partial charge on any atom is -0.481 e. The second-order valence-electron chi connectivity index (χ2n) is 5.36. The summed E-state index contributed by atoms with van der Waals surface area (Å²) in [4.78, 5) is 21.7. The number of carbonyl (C=O) groups excluding carboxylic acids is 1. The second kappa shape index (κ2) is 10.8. The van der Waals surface area contributed by atoms with Gasteiger partial charge in [0.1, 0.15) is 0 Å². The van der Waals surface area contributed by atoms with Gasteiger partial charge in [0, 0.05) is 6.42 Å². The Morgan fingerprint density at radius 3 is 2.16 bits per heavy atom. The molecule has 0 aromatic carbocycles. The molecule has 0 aliphatic heterocycles. The maximum Gasteiger partial charge on any atom is 0.305 e. The monoisotopic (exact) mass is 273 g/mol. The van der Waals surface area contributed by atoms with Crippen LogP contribution in [0.1, 0.15) is 65.2 Å². The lowest BCUT2D eigenvalue weighted by Gasteiger charge is -2.13. The zero-order chi connectivity index (χ0) is 14.7. The largest absolute Gasteiger partial charge is 0.481 e. The summed E-state index contributed by atoms with van der Waals surface area (Å²) in [6, 6.07) is 0. The molecule has 1 amide bonds. The SMILES string of the molecule is CC(C)CCCCCCCC(=O)N(O)CCC(=O)O. The zero-order valence-corrected chi connectivity index (χ0v) is 12.1. The van der Waals surface area contributed by atoms with Crippen LogP contribution < -0.4 is 0 Å². The molecule has 0 aromatic rings. The standard InChI is InChI=1S/C14H27NO4/c1-12(2)8-6-4-3-5-7-9-13(16)15(19)11-10-14(17)18/h12,19H,3-11H2,1-2H3,(H,17,18). The van der Waals surface area contributed by atoms with Crippen molar-refractivity contribution in [2.45, 2.75) is 65.2 Å². The number of aliphatic carboxylic acids is 1. The number of nitrogens with zero attached hydrogens (tertiary/aromatic N) is 1. The van der Waals surface area contributed by atoms with Gasteiger partial charge in [0.2, 0.25) is 5.91 Å². The van der Waals surface area contributed by atoms with Gasteiger partial charge in [0.15, 0.2) is 0 Å². The van der Waals surface area contributed by atoms with Gasteiger partial charge in [-0.2, -0.15) is 0 Å². The molecule has 2 N–H and O–H groups in total. The Bertz CT molecular complexity index is 266. The Balaban J connectivity index is 3.44. The van der Waals surface area contributed by atoms with Crippen LogP contribution in [0.2, 0.25) is 0 Å². The van der Waals surface area contributed by atoms with Gasteiger partial charge in [-0.1, -0.05) is 46.0 Å². The topological polar surface area (TPSA) is 77.8 Å². The van der Waals surface area contributed by atoms with Crippen molar-refractivity contribution in [2.24, 2.45) is 5.92 Å². The second-order valence-corrected chi connectivity index (χ2v) is 5.36. The average Bonchev–Trinajstić information content (AvgIpc) is 2.33. The van der Waals surface area contributed by atoms with Crippen molar-refractivity contribution >= 4 is 11.9 Å². The van der Waals surface area contributed by atoms with Gasteiger partial charge < -0.3 is 5.11 Å². The fourth-order valence-electron chi connectivity index (χ4n) is 1.81. The van der Waals surface area contributed by atoms with Crippen LogP contribution in [0.15, 0.2) is 0 Å². The molecule has 0 aliphatic carbocycles. The van der Waals surface area contributed by atoms with E-state index in [4.69, 9.17) is 5.11 Å². The maximum absolute atomic E-state index is 11.4. The van der Waals surface area contributed by atoms with Crippen LogP contribution in [0.5, 0.6) is 0 Å². The van der Waals surface area contributed by atoms with Crippen molar-refractivity contribution in [3.63, 3.8) is 0 Å². The quantitative estimate of drug-likeness (QED) is 0.344. The fourth-order valence-corrected chi connectivity index (χ4v) is 1.81. The Morgan fingerprint density at radius 2 is 1.58 bits per heavy atom. The molecule has 0 heterocycles. The number of rotatable bonds is 11. The summed E-state index contributed by atoms with van der Waals surface area (Å²) in [6.07, 6.45) is 6.59. The van der Waals surface area contributed by atoms with Crippen molar-refractivity contribution in [3.05, 3.63) is 0 Å². The van der Waals surface area contributed by atoms with E-state index in [1.54, 1.807) is 0 Å². The van der Waals surface area contributed by atoms with Crippen molar-refractivity contribution in [1.82, 2.24) is 5.06 Å². The van der Waals surface area contributed by atoms with Gasteiger partial charge in [0.05, 0.1) is 13.0 Å². The molecular weight excluding hydrogens is 246 g/mol. The summed E-state index contributed by atoms with van der Waals surface area (Å²) < 4.78 is 0. The number of carbonyl (C=O) groups is 2. The lowest BCUT2D eigenvalue weighted by molar-refractivity contribution is -0.167. The first kappa shape index (κ1) is 17.9. The van der Waals surface area contributed by atoms with E-state index in [1.165, 1.54) is 19.3 Å². The van der Waals surface area contributed by atoms with Crippen LogP contribution in [0.3, 0.4) is 0 Å². The number of hydrogen-bond donors (Lipinski definition) is 2. The fraction of sp³-hybridized carbons (Fsp3) is 0.857. The van der Waals surface area contributed by atoms with Crippen LogP contribution in [0.4, 0.5) is 0 Å². The summed E-state index contributed by atoms with van der Waals surface area (Å²) in [6.45, 7) is 4.29. The highest BCUT2D eigenvalue weighted by Crippen LogP contribution is 2.11. The highest BCUT2D eigenvalue weighted by molar-refractivity contribution is 5.75. The van der Waals surface area contributed by atoms with Gasteiger partial charge in [-0.05, 0) is 12.3 Å². The van der Waals surface area contributed by atoms with Crippen molar-refractivity contribution < 1.29 is 19.9 Å². The molecule has 0 bridgehead atoms. The molecule has 0 aromatic heterocycles. The predicted octanol–water partition coefficient (Wildman–Crippen LogP) is 3.07. The highest BCUT2D eigenvalue weighted by Gasteiger charge is 2.11. The first-order valence-electron chi connectivity index (χ1n) is 7.14. The molecule has 19 heavy (non-hydrogen) atoms. The molecule has 0 unspecified atom stereocenters. The van der Waals surface area contributed by atoms with E-state index in [0.717, 1.165) is 25.2 Å². The molecular formula is C14H27NO4. The van der Waals surface area contributed by atoms with Crippen LogP contribution in [-0.4, -0.2) is 33.8 Å². The molecule has 0 aliphatic rings. The van der Waals surface area contributed by atoms with E-state index in [0.29, 0.717) is 11.5 Å². The van der Waals surface area contributed by atoms with Gasteiger partial charge in [0.25, 0.3) is 0 Å². The van der Waals surface area contributed by atoms with Gasteiger partial charge in [-0.25, -0.2) is 5.06 Å². The minimum absolute atomic E-state index is 0.136. The number of amides is 1. The van der Waals surface area contributed by atoms with E-state index in [2.05, 4.69) is 13.8 Å². The molecule has 0 saturated heterocycles. The molecule has 0 saturated carbocycles. The number of hydrogen-bond acceptors (Lipinski definition) is 3. The summed E-state index contributed by atoms with van der Waals surface area (Å²) in [5.74, 6) is -0.654. The van der Waals surface area contributed by atoms with Crippen LogP contribution in [0.25, 0.3) is 0 Å². The molecule has 0 spiro atoms. The predicted molar refractivity (Wildman–Crippen MR) is 72.9 cm³/mol. The Labute approximate surface area is 115 Å². The number of carboxylic acid groups (broad SMARTS) is 1. The summed E-state index contributed by atoms with van der Waals surface area (Å²) in [5.41, 5.74) is 0. The molecule has 5 nitrogen and oxygen atoms in total. The molecule has 0 fully saturated rings. The molecule has 0 rings (SSSR count). The van der Waals surface area contributed by atoms with Crippen molar-refractivity contribution in [1.29, 1.82) is 0 Å². The van der Waals surface area contributed by atoms with Crippen LogP contribution in [0, 0.1) is 5.92 Å². The third-order valence-electron chi connectivity index (χ3n) is 3.00. The first-order valence-corrected chi connectivity index (χ1v) is 7.14. The smallest absolute Gasteiger partial charge is 0.305 e. The van der Waals surface area contributed by atoms with E-state index >= 15 is 0 Å². The Morgan fingerprint density at radius 1 is 1.00 bits per heavy atom. The highest BCUT2D eigenvalue weighted by atomic mass is 16.5. The summed E-state index contributed by atoms with van der Waals surface area (Å²) >= 11 is 0. The van der Waals surface area contributed by atoms with Gasteiger partial charge in [-0.3, -0.25) is 14.8 Å². The van der Waals surface area contributed by atoms with Crippen molar-refractivity contribution in [2.75, 3.05) is 6.54 Å². The van der Waals surface area contributed by atoms with E-state index < -0.39 is 5.97 Å². The van der Waals surface area contributed by atoms with Crippen molar-refractivity contribution in [3.8, 4) is 0 Å². The lowest BCUT2D eigenvalue weighted by atomic mass is 10.0. The van der Waals surface area contributed by atoms with E-state index in [1.807, 2.05) is 0 Å². The minimum atomic E-state index is -1.02. The maximum atomic E-state index is 11.4. The number of unbranched alkanes of at least 4 members (excludes halogenated alkanes) is 4. The first-order chi connectivity index (χ1) is 8.93. The normalized spacial score (nSPS) is 10.7. The average molecular weight is 273 g/mol. The zero-order valence-electron chi connectivity index (χ0n) is 12.1. The Kier molecular flexibility index (Phi) is 10.2. The molecule has 0 atom stereocenters. The summed E-state index contributed by atoms with van der Waals surface area (Å²) in [7, 11) is 0. The van der Waals surface area contributed by atoms with Gasteiger partial charge in [-0.15, -0.1) is 0 Å². The lowest BCUT2D eigenvalue weighted by Crippen LogP contribution is -2.29. The number of hydroxylamine groups is 2. The third-order valence-corrected chi connectivity index (χ3v) is 3.00. The number of carboxylic acids is 1.